The lowest BCUT2D eigenvalue weighted by Gasteiger charge is -2.32. The van der Waals surface area contributed by atoms with Gasteiger partial charge in [0.05, 0.1) is 0 Å². The Hall–Kier alpha value is -5.68. The van der Waals surface area contributed by atoms with Gasteiger partial charge in [-0.25, -0.2) is 14.4 Å². The number of carbonyl (C=O) groups is 8. The zero-order valence-electron chi connectivity index (χ0n) is 29.4. The van der Waals surface area contributed by atoms with Gasteiger partial charge < -0.3 is 46.6 Å². The summed E-state index contributed by atoms with van der Waals surface area (Å²) in [7, 11) is 0. The van der Waals surface area contributed by atoms with E-state index < -0.39 is 42.1 Å². The fourth-order valence-electron chi connectivity index (χ4n) is 5.44. The van der Waals surface area contributed by atoms with Crippen LogP contribution in [0, 0.1) is 5.92 Å². The van der Waals surface area contributed by atoms with Crippen molar-refractivity contribution in [2.75, 3.05) is 44.6 Å². The second-order valence-electron chi connectivity index (χ2n) is 12.8. The molecule has 0 bridgehead atoms. The molecule has 18 heteroatoms. The number of benzene rings is 1. The number of urea groups is 1. The maximum Gasteiger partial charge on any atom is 0.410 e. The Kier molecular flexibility index (Phi) is 15.9. The third-order valence-corrected chi connectivity index (χ3v) is 8.45. The predicted molar refractivity (Wildman–Crippen MR) is 186 cm³/mol. The van der Waals surface area contributed by atoms with Gasteiger partial charge in [-0.1, -0.05) is 32.4 Å². The summed E-state index contributed by atoms with van der Waals surface area (Å²) in [5, 5.41) is 19.7. The Morgan fingerprint density at radius 1 is 0.846 bits per heavy atom. The van der Waals surface area contributed by atoms with Crippen molar-refractivity contribution in [1.82, 2.24) is 30.7 Å². The minimum absolute atomic E-state index is 0.0433. The van der Waals surface area contributed by atoms with E-state index in [9.17, 15) is 38.4 Å². The van der Waals surface area contributed by atoms with Crippen molar-refractivity contribution >= 4 is 53.4 Å². The Morgan fingerprint density at radius 3 is 2.08 bits per heavy atom. The fourth-order valence-corrected chi connectivity index (χ4v) is 5.44. The standard InChI is InChI=1S/C34H48N8O10/c1-22(2)29(39-26(43)8-4-3-5-16-42-27(44)13-14-28(42)45)31(47)38-25(7-6-15-36-32(35)48)30(46)37-24-11-9-23(10-12-24)21-52-34(51)41-19-17-40(18-20-41)33(49)50/h9-14,22,25,29H,3-8,15-21H2,1-2H3,(H,37,46)(H,38,47)(H,39,43)(H,49,50)(H3,35,36,48)/t25-,29-/m0/s1. The number of amides is 9. The van der Waals surface area contributed by atoms with Crippen LogP contribution in [-0.4, -0.2) is 119 Å². The van der Waals surface area contributed by atoms with Gasteiger partial charge in [-0.2, -0.15) is 0 Å². The number of imide groups is 1. The molecule has 52 heavy (non-hydrogen) atoms. The van der Waals surface area contributed by atoms with E-state index in [2.05, 4.69) is 21.3 Å². The van der Waals surface area contributed by atoms with E-state index in [4.69, 9.17) is 15.6 Å². The first-order valence-electron chi connectivity index (χ1n) is 17.2. The molecule has 9 amide bonds. The molecule has 3 rings (SSSR count). The number of nitrogens with two attached hydrogens (primary N) is 1. The molecule has 1 aromatic rings. The van der Waals surface area contributed by atoms with Crippen LogP contribution >= 0.6 is 0 Å². The molecule has 0 radical (unpaired) electrons. The zero-order valence-corrected chi connectivity index (χ0v) is 29.4. The highest BCUT2D eigenvalue weighted by atomic mass is 16.6. The van der Waals surface area contributed by atoms with Crippen molar-refractivity contribution in [3.8, 4) is 0 Å². The van der Waals surface area contributed by atoms with Crippen LogP contribution in [0.25, 0.3) is 0 Å². The molecule has 0 aliphatic carbocycles. The van der Waals surface area contributed by atoms with Crippen molar-refractivity contribution < 1.29 is 48.2 Å². The number of unbranched alkanes of at least 4 members (excludes halogenated alkanes) is 2. The molecule has 0 saturated carbocycles. The first-order valence-corrected chi connectivity index (χ1v) is 17.2. The van der Waals surface area contributed by atoms with E-state index in [0.29, 0.717) is 36.9 Å². The van der Waals surface area contributed by atoms with Gasteiger partial charge in [0, 0.05) is 63.5 Å². The topological polar surface area (TPSA) is 250 Å². The van der Waals surface area contributed by atoms with Gasteiger partial charge in [-0.15, -0.1) is 0 Å². The van der Waals surface area contributed by atoms with Gasteiger partial charge in [0.25, 0.3) is 11.8 Å². The summed E-state index contributed by atoms with van der Waals surface area (Å²) in [5.41, 5.74) is 6.19. The first kappa shape index (κ1) is 40.7. The molecule has 1 aromatic carbocycles. The summed E-state index contributed by atoms with van der Waals surface area (Å²) in [5.74, 6) is -2.49. The van der Waals surface area contributed by atoms with Crippen LogP contribution in [0.2, 0.25) is 0 Å². The Bertz CT molecular complexity index is 1470. The summed E-state index contributed by atoms with van der Waals surface area (Å²) < 4.78 is 5.36. The SMILES string of the molecule is CC(C)[C@H](NC(=O)CCCCCN1C(=O)C=CC1=O)C(=O)N[C@@H](CCCNC(N)=O)C(=O)Nc1ccc(COC(=O)N2CCN(C(=O)O)CC2)cc1. The molecule has 0 spiro atoms. The zero-order chi connectivity index (χ0) is 38.2. The molecule has 1 fully saturated rings. The normalized spacial score (nSPS) is 15.2. The number of carboxylic acid groups (broad SMARTS) is 1. The second-order valence-corrected chi connectivity index (χ2v) is 12.8. The Balaban J connectivity index is 1.51. The molecule has 284 valence electrons. The number of anilines is 1. The fraction of sp³-hybridized carbons (Fsp3) is 0.529. The Morgan fingerprint density at radius 2 is 1.48 bits per heavy atom. The predicted octanol–water partition coefficient (Wildman–Crippen LogP) is 1.12. The number of ether oxygens (including phenoxy) is 1. The van der Waals surface area contributed by atoms with Crippen molar-refractivity contribution in [3.05, 3.63) is 42.0 Å². The van der Waals surface area contributed by atoms with Gasteiger partial charge in [0.15, 0.2) is 0 Å². The molecule has 2 aliphatic heterocycles. The van der Waals surface area contributed by atoms with Crippen LogP contribution in [0.3, 0.4) is 0 Å². The number of primary amides is 1. The molecule has 2 atom stereocenters. The maximum absolute atomic E-state index is 13.4. The van der Waals surface area contributed by atoms with Gasteiger partial charge in [-0.3, -0.25) is 28.9 Å². The molecule has 7 N–H and O–H groups in total. The average molecular weight is 729 g/mol. The lowest BCUT2D eigenvalue weighted by atomic mass is 10.0. The molecule has 0 aromatic heterocycles. The summed E-state index contributed by atoms with van der Waals surface area (Å²) in [4.78, 5) is 101. The lowest BCUT2D eigenvalue weighted by Crippen LogP contribution is -2.54. The number of rotatable bonds is 18. The van der Waals surface area contributed by atoms with Crippen LogP contribution in [-0.2, 0) is 35.3 Å². The van der Waals surface area contributed by atoms with Crippen LogP contribution in [0.4, 0.5) is 20.1 Å². The lowest BCUT2D eigenvalue weighted by molar-refractivity contribution is -0.137. The number of nitrogens with one attached hydrogen (secondary N) is 4. The smallest absolute Gasteiger partial charge is 0.410 e. The van der Waals surface area contributed by atoms with Crippen LogP contribution in [0.15, 0.2) is 36.4 Å². The van der Waals surface area contributed by atoms with E-state index in [1.54, 1.807) is 38.1 Å². The van der Waals surface area contributed by atoms with Gasteiger partial charge >= 0.3 is 18.2 Å². The molecule has 1 saturated heterocycles. The van der Waals surface area contributed by atoms with Gasteiger partial charge in [-0.05, 0) is 49.3 Å². The number of hydrogen-bond donors (Lipinski definition) is 6. The highest BCUT2D eigenvalue weighted by Gasteiger charge is 2.29. The molecule has 2 aliphatic rings. The van der Waals surface area contributed by atoms with Crippen molar-refractivity contribution in [2.45, 2.75) is 71.1 Å². The van der Waals surface area contributed by atoms with E-state index in [1.165, 1.54) is 22.0 Å². The summed E-state index contributed by atoms with van der Waals surface area (Å²) in [6.07, 6.45) is 3.01. The summed E-state index contributed by atoms with van der Waals surface area (Å²) in [6.45, 7) is 4.74. The van der Waals surface area contributed by atoms with Crippen LogP contribution in [0.1, 0.15) is 57.9 Å². The maximum atomic E-state index is 13.4. The van der Waals surface area contributed by atoms with Crippen molar-refractivity contribution in [2.24, 2.45) is 11.7 Å². The van der Waals surface area contributed by atoms with Crippen molar-refractivity contribution in [1.29, 1.82) is 0 Å². The number of nitrogens with zero attached hydrogens (tertiary/aromatic N) is 3. The molecule has 2 heterocycles. The molecule has 0 unspecified atom stereocenters. The first-order chi connectivity index (χ1) is 24.7. The largest absolute Gasteiger partial charge is 0.465 e. The van der Waals surface area contributed by atoms with E-state index in [1.807, 2.05) is 0 Å². The molecular weight excluding hydrogens is 680 g/mol. The van der Waals surface area contributed by atoms with Crippen LogP contribution in [0.5, 0.6) is 0 Å². The number of hydrogen-bond acceptors (Lipinski definition) is 9. The van der Waals surface area contributed by atoms with Gasteiger partial charge in [0.1, 0.15) is 18.7 Å². The summed E-state index contributed by atoms with van der Waals surface area (Å²) in [6, 6.07) is 3.82. The van der Waals surface area contributed by atoms with Crippen LogP contribution < -0.4 is 27.0 Å². The minimum Gasteiger partial charge on any atom is -0.465 e. The minimum atomic E-state index is -1.04. The summed E-state index contributed by atoms with van der Waals surface area (Å²) >= 11 is 0. The monoisotopic (exact) mass is 728 g/mol. The average Bonchev–Trinajstić information content (AvgIpc) is 3.43. The van der Waals surface area contributed by atoms with E-state index >= 15 is 0 Å². The van der Waals surface area contributed by atoms with E-state index in [-0.39, 0.29) is 82.4 Å². The molecular formula is C34H48N8O10. The molecule has 18 nitrogen and oxygen atoms in total. The second kappa shape index (κ2) is 20.2. The highest BCUT2D eigenvalue weighted by molar-refractivity contribution is 6.12. The quantitative estimate of drug-likeness (QED) is 0.0928. The van der Waals surface area contributed by atoms with Gasteiger partial charge in [0.2, 0.25) is 17.7 Å². The third kappa shape index (κ3) is 13.2. The number of piperazine rings is 1. The number of carbonyl (C=O) groups excluding carboxylic acids is 7. The highest BCUT2D eigenvalue weighted by Crippen LogP contribution is 2.14. The van der Waals surface area contributed by atoms with Crippen molar-refractivity contribution in [3.63, 3.8) is 0 Å². The van der Waals surface area contributed by atoms with E-state index in [0.717, 1.165) is 4.90 Å². The third-order valence-electron chi connectivity index (χ3n) is 8.45. The Labute approximate surface area is 301 Å².